The van der Waals surface area contributed by atoms with Gasteiger partial charge >= 0.3 is 0 Å². The summed E-state index contributed by atoms with van der Waals surface area (Å²) < 4.78 is 5.59. The minimum Gasteiger partial charge on any atom is -0.397 e. The van der Waals surface area contributed by atoms with Crippen molar-refractivity contribution >= 4 is 27.5 Å². The van der Waals surface area contributed by atoms with Crippen LogP contribution in [0.25, 0.3) is 0 Å². The summed E-state index contributed by atoms with van der Waals surface area (Å²) in [6, 6.07) is 3.64. The third-order valence-electron chi connectivity index (χ3n) is 2.11. The summed E-state index contributed by atoms with van der Waals surface area (Å²) in [5.74, 6) is -0.182. The van der Waals surface area contributed by atoms with E-state index in [2.05, 4.69) is 21.2 Å². The van der Waals surface area contributed by atoms with Crippen LogP contribution in [0.1, 0.15) is 15.9 Å². The second kappa shape index (κ2) is 5.86. The molecule has 1 rings (SSSR count). The van der Waals surface area contributed by atoms with Crippen molar-refractivity contribution in [1.29, 1.82) is 0 Å². The first-order valence-electron chi connectivity index (χ1n) is 4.89. The van der Waals surface area contributed by atoms with Gasteiger partial charge in [-0.1, -0.05) is 0 Å². The molecule has 88 valence electrons. The van der Waals surface area contributed by atoms with Crippen molar-refractivity contribution in [2.75, 3.05) is 26.0 Å². The summed E-state index contributed by atoms with van der Waals surface area (Å²) in [6.07, 6.45) is 0. The number of carbonyl (C=O) groups excluding carboxylic acids is 1. The number of anilines is 1. The molecule has 0 spiro atoms. The molecule has 0 aromatic heterocycles. The van der Waals surface area contributed by atoms with Gasteiger partial charge in [0, 0.05) is 18.1 Å². The van der Waals surface area contributed by atoms with E-state index in [1.54, 1.807) is 13.2 Å². The number of rotatable bonds is 4. The summed E-state index contributed by atoms with van der Waals surface area (Å²) in [6.45, 7) is 2.87. The summed E-state index contributed by atoms with van der Waals surface area (Å²) in [5, 5.41) is 2.73. The van der Waals surface area contributed by atoms with Crippen molar-refractivity contribution in [3.63, 3.8) is 0 Å². The highest BCUT2D eigenvalue weighted by atomic mass is 79.9. The summed E-state index contributed by atoms with van der Waals surface area (Å²) in [5.41, 5.74) is 7.75. The summed E-state index contributed by atoms with van der Waals surface area (Å²) in [4.78, 5) is 11.8. The van der Waals surface area contributed by atoms with E-state index in [-0.39, 0.29) is 5.91 Å². The van der Waals surface area contributed by atoms with Crippen LogP contribution in [-0.2, 0) is 4.74 Å². The maximum atomic E-state index is 11.8. The zero-order valence-corrected chi connectivity index (χ0v) is 10.9. The van der Waals surface area contributed by atoms with E-state index in [9.17, 15) is 4.79 Å². The van der Waals surface area contributed by atoms with Gasteiger partial charge in [0.15, 0.2) is 0 Å². The van der Waals surface area contributed by atoms with Gasteiger partial charge in [0.2, 0.25) is 0 Å². The molecule has 0 aliphatic rings. The molecule has 0 aliphatic carbocycles. The van der Waals surface area contributed by atoms with Crippen LogP contribution in [0.3, 0.4) is 0 Å². The Bertz CT molecular complexity index is 394. The van der Waals surface area contributed by atoms with Crippen molar-refractivity contribution in [3.8, 4) is 0 Å². The molecule has 0 saturated carbocycles. The first kappa shape index (κ1) is 13.0. The molecule has 0 fully saturated rings. The number of halogens is 1. The number of hydrogen-bond acceptors (Lipinski definition) is 3. The van der Waals surface area contributed by atoms with Gasteiger partial charge in [-0.3, -0.25) is 4.79 Å². The minimum absolute atomic E-state index is 0.182. The van der Waals surface area contributed by atoms with Gasteiger partial charge in [-0.2, -0.15) is 0 Å². The Kier molecular flexibility index (Phi) is 4.76. The Balaban J connectivity index is 2.82. The van der Waals surface area contributed by atoms with Crippen molar-refractivity contribution in [2.24, 2.45) is 0 Å². The first-order chi connectivity index (χ1) is 7.56. The van der Waals surface area contributed by atoms with E-state index >= 15 is 0 Å². The lowest BCUT2D eigenvalue weighted by molar-refractivity contribution is 0.0938. The van der Waals surface area contributed by atoms with Crippen molar-refractivity contribution in [2.45, 2.75) is 6.92 Å². The smallest absolute Gasteiger partial charge is 0.253 e. The van der Waals surface area contributed by atoms with Crippen LogP contribution < -0.4 is 11.1 Å². The van der Waals surface area contributed by atoms with Crippen molar-refractivity contribution in [1.82, 2.24) is 5.32 Å². The molecule has 0 saturated heterocycles. The molecule has 0 atom stereocenters. The zero-order chi connectivity index (χ0) is 12.1. The van der Waals surface area contributed by atoms with E-state index in [1.165, 1.54) is 0 Å². The molecule has 0 heterocycles. The number of benzene rings is 1. The average Bonchev–Trinajstić information content (AvgIpc) is 2.23. The predicted molar refractivity (Wildman–Crippen MR) is 67.5 cm³/mol. The Morgan fingerprint density at radius 2 is 2.25 bits per heavy atom. The fourth-order valence-corrected chi connectivity index (χ4v) is 1.88. The van der Waals surface area contributed by atoms with Gasteiger partial charge < -0.3 is 15.8 Å². The molecule has 1 aromatic carbocycles. The second-order valence-corrected chi connectivity index (χ2v) is 4.31. The highest BCUT2D eigenvalue weighted by Crippen LogP contribution is 2.25. The molecule has 0 bridgehead atoms. The maximum absolute atomic E-state index is 11.8. The number of hydrogen-bond donors (Lipinski definition) is 2. The lowest BCUT2D eigenvalue weighted by Crippen LogP contribution is -2.27. The van der Waals surface area contributed by atoms with Crippen LogP contribution in [0, 0.1) is 6.92 Å². The molecular formula is C11H15BrN2O2. The number of amides is 1. The maximum Gasteiger partial charge on any atom is 0.253 e. The number of ether oxygens (including phenoxy) is 1. The zero-order valence-electron chi connectivity index (χ0n) is 9.34. The van der Waals surface area contributed by atoms with Crippen molar-refractivity contribution in [3.05, 3.63) is 27.7 Å². The number of nitrogens with one attached hydrogen (secondary N) is 1. The van der Waals surface area contributed by atoms with Gasteiger partial charge in [-0.25, -0.2) is 0 Å². The van der Waals surface area contributed by atoms with Crippen LogP contribution in [0.5, 0.6) is 0 Å². The molecule has 3 N–H and O–H groups in total. The molecule has 0 unspecified atom stereocenters. The number of carbonyl (C=O) groups is 1. The molecule has 1 amide bonds. The normalized spacial score (nSPS) is 10.2. The molecule has 0 aliphatic heterocycles. The second-order valence-electron chi connectivity index (χ2n) is 3.46. The fraction of sp³-hybridized carbons (Fsp3) is 0.364. The molecule has 0 radical (unpaired) electrons. The van der Waals surface area contributed by atoms with E-state index < -0.39 is 0 Å². The predicted octanol–water partition coefficient (Wildman–Crippen LogP) is 1.72. The van der Waals surface area contributed by atoms with Gasteiger partial charge in [0.1, 0.15) is 0 Å². The van der Waals surface area contributed by atoms with E-state index in [0.717, 1.165) is 10.0 Å². The van der Waals surface area contributed by atoms with E-state index in [0.29, 0.717) is 24.4 Å². The Labute approximate surface area is 103 Å². The Morgan fingerprint density at radius 1 is 1.56 bits per heavy atom. The number of nitrogens with two attached hydrogens (primary N) is 1. The molecular weight excluding hydrogens is 272 g/mol. The summed E-state index contributed by atoms with van der Waals surface area (Å²) >= 11 is 3.32. The molecule has 4 nitrogen and oxygen atoms in total. The highest BCUT2D eigenvalue weighted by Gasteiger charge is 2.12. The lowest BCUT2D eigenvalue weighted by atomic mass is 10.1. The molecule has 1 aromatic rings. The van der Waals surface area contributed by atoms with Crippen LogP contribution in [0.4, 0.5) is 5.69 Å². The van der Waals surface area contributed by atoms with Crippen LogP contribution in [0.2, 0.25) is 0 Å². The van der Waals surface area contributed by atoms with Crippen LogP contribution >= 0.6 is 15.9 Å². The SMILES string of the molecule is COCCNC(=O)c1cc(C)cc(Br)c1N. The number of methoxy groups -OCH3 is 1. The van der Waals surface area contributed by atoms with E-state index in [4.69, 9.17) is 10.5 Å². The third-order valence-corrected chi connectivity index (χ3v) is 2.77. The Hall–Kier alpha value is -1.07. The first-order valence-corrected chi connectivity index (χ1v) is 5.68. The van der Waals surface area contributed by atoms with Gasteiger partial charge in [0.05, 0.1) is 17.9 Å². The molecule has 16 heavy (non-hydrogen) atoms. The standard InChI is InChI=1S/C11H15BrN2O2/c1-7-5-8(10(13)9(12)6-7)11(15)14-3-4-16-2/h5-6H,3-4,13H2,1-2H3,(H,14,15). The van der Waals surface area contributed by atoms with Crippen LogP contribution in [-0.4, -0.2) is 26.2 Å². The van der Waals surface area contributed by atoms with Gasteiger partial charge in [-0.15, -0.1) is 0 Å². The van der Waals surface area contributed by atoms with E-state index in [1.807, 2.05) is 13.0 Å². The lowest BCUT2D eigenvalue weighted by Gasteiger charge is -2.09. The molecule has 5 heteroatoms. The average molecular weight is 287 g/mol. The monoisotopic (exact) mass is 286 g/mol. The minimum atomic E-state index is -0.182. The number of nitrogen functional groups attached to an aromatic ring is 1. The fourth-order valence-electron chi connectivity index (χ4n) is 1.30. The van der Waals surface area contributed by atoms with Gasteiger partial charge in [0.25, 0.3) is 5.91 Å². The van der Waals surface area contributed by atoms with Crippen molar-refractivity contribution < 1.29 is 9.53 Å². The largest absolute Gasteiger partial charge is 0.397 e. The topological polar surface area (TPSA) is 64.3 Å². The Morgan fingerprint density at radius 3 is 2.88 bits per heavy atom. The highest BCUT2D eigenvalue weighted by molar-refractivity contribution is 9.10. The quantitative estimate of drug-likeness (QED) is 0.654. The summed E-state index contributed by atoms with van der Waals surface area (Å²) in [7, 11) is 1.59. The van der Waals surface area contributed by atoms with Gasteiger partial charge in [-0.05, 0) is 40.5 Å². The third kappa shape index (κ3) is 3.21. The number of aryl methyl sites for hydroxylation is 1. The van der Waals surface area contributed by atoms with Crippen LogP contribution in [0.15, 0.2) is 16.6 Å².